The van der Waals surface area contributed by atoms with Crippen LogP contribution in [0.1, 0.15) is 31.4 Å². The third-order valence-electron chi connectivity index (χ3n) is 3.41. The fraction of sp³-hybridized carbons (Fsp3) is 0.353. The lowest BCUT2D eigenvalue weighted by Crippen LogP contribution is -2.17. The van der Waals surface area contributed by atoms with Gasteiger partial charge in [0, 0.05) is 11.8 Å². The standard InChI is InChI=1S/C17H22N4O2/c1-23-15-8-9-16-13(11-15)6-7-14(20-16)12-19-21-17(22)5-3-2-4-10-18/h6-9,11-12H,2-5,10,18H2,1H3,(H,21,22). The predicted octanol–water partition coefficient (Wildman–Crippen LogP) is 2.21. The molecule has 0 aliphatic carbocycles. The Balaban J connectivity index is 1.89. The van der Waals surface area contributed by atoms with Crippen molar-refractivity contribution in [2.75, 3.05) is 13.7 Å². The zero-order valence-electron chi connectivity index (χ0n) is 13.3. The molecule has 0 saturated heterocycles. The quantitative estimate of drug-likeness (QED) is 0.444. The number of ether oxygens (including phenoxy) is 1. The Hall–Kier alpha value is -2.47. The second-order valence-electron chi connectivity index (χ2n) is 5.19. The summed E-state index contributed by atoms with van der Waals surface area (Å²) in [6, 6.07) is 9.47. The number of unbranched alkanes of at least 4 members (excludes halogenated alkanes) is 2. The molecule has 0 bridgehead atoms. The molecule has 0 aliphatic rings. The Morgan fingerprint density at radius 1 is 1.30 bits per heavy atom. The van der Waals surface area contributed by atoms with Gasteiger partial charge in [0.15, 0.2) is 0 Å². The zero-order chi connectivity index (χ0) is 16.5. The van der Waals surface area contributed by atoms with Crippen LogP contribution in [0.25, 0.3) is 10.9 Å². The Labute approximate surface area is 135 Å². The number of amides is 1. The molecule has 0 fully saturated rings. The summed E-state index contributed by atoms with van der Waals surface area (Å²) in [4.78, 5) is 16.1. The molecule has 1 amide bonds. The molecule has 6 heteroatoms. The molecule has 23 heavy (non-hydrogen) atoms. The summed E-state index contributed by atoms with van der Waals surface area (Å²) in [5, 5.41) is 4.94. The number of benzene rings is 1. The Kier molecular flexibility index (Phi) is 6.50. The van der Waals surface area contributed by atoms with Crippen molar-refractivity contribution in [2.24, 2.45) is 10.8 Å². The van der Waals surface area contributed by atoms with Gasteiger partial charge < -0.3 is 10.5 Å². The molecule has 122 valence electrons. The lowest BCUT2D eigenvalue weighted by molar-refractivity contribution is -0.121. The van der Waals surface area contributed by atoms with Gasteiger partial charge in [-0.15, -0.1) is 0 Å². The number of hydrogen-bond donors (Lipinski definition) is 2. The maximum absolute atomic E-state index is 11.6. The van der Waals surface area contributed by atoms with Crippen molar-refractivity contribution in [3.8, 4) is 5.75 Å². The predicted molar refractivity (Wildman–Crippen MR) is 91.6 cm³/mol. The first-order valence-corrected chi connectivity index (χ1v) is 7.69. The van der Waals surface area contributed by atoms with Crippen LogP contribution >= 0.6 is 0 Å². The molecule has 1 aromatic carbocycles. The second kappa shape index (κ2) is 8.85. The SMILES string of the molecule is COc1ccc2nc(C=NNC(=O)CCCCCN)ccc2c1. The van der Waals surface area contributed by atoms with Gasteiger partial charge >= 0.3 is 0 Å². The number of rotatable bonds is 8. The highest BCUT2D eigenvalue weighted by molar-refractivity contribution is 5.86. The fourth-order valence-electron chi connectivity index (χ4n) is 2.15. The van der Waals surface area contributed by atoms with E-state index in [2.05, 4.69) is 15.5 Å². The highest BCUT2D eigenvalue weighted by Crippen LogP contribution is 2.19. The van der Waals surface area contributed by atoms with Gasteiger partial charge in [0.05, 0.1) is 24.5 Å². The molecule has 0 aliphatic heterocycles. The average molecular weight is 314 g/mol. The van der Waals surface area contributed by atoms with Crippen molar-refractivity contribution in [3.63, 3.8) is 0 Å². The maximum Gasteiger partial charge on any atom is 0.240 e. The monoisotopic (exact) mass is 314 g/mol. The van der Waals surface area contributed by atoms with E-state index in [1.54, 1.807) is 13.3 Å². The second-order valence-corrected chi connectivity index (χ2v) is 5.19. The molecular formula is C17H22N4O2. The minimum Gasteiger partial charge on any atom is -0.497 e. The van der Waals surface area contributed by atoms with Crippen LogP contribution in [-0.4, -0.2) is 30.8 Å². The van der Waals surface area contributed by atoms with Crippen LogP contribution in [0.4, 0.5) is 0 Å². The summed E-state index contributed by atoms with van der Waals surface area (Å²) in [6.45, 7) is 0.666. The number of nitrogens with two attached hydrogens (primary N) is 1. The summed E-state index contributed by atoms with van der Waals surface area (Å²) in [7, 11) is 1.63. The number of carbonyl (C=O) groups excluding carboxylic acids is 1. The van der Waals surface area contributed by atoms with E-state index in [4.69, 9.17) is 10.5 Å². The highest BCUT2D eigenvalue weighted by Gasteiger charge is 2.00. The van der Waals surface area contributed by atoms with Crippen molar-refractivity contribution in [2.45, 2.75) is 25.7 Å². The lowest BCUT2D eigenvalue weighted by Gasteiger charge is -2.03. The average Bonchev–Trinajstić information content (AvgIpc) is 2.58. The van der Waals surface area contributed by atoms with Gasteiger partial charge in [-0.25, -0.2) is 10.4 Å². The summed E-state index contributed by atoms with van der Waals surface area (Å²) in [5.74, 6) is 0.700. The number of nitrogens with one attached hydrogen (secondary N) is 1. The van der Waals surface area contributed by atoms with Crippen molar-refractivity contribution in [3.05, 3.63) is 36.0 Å². The number of fused-ring (bicyclic) bond motifs is 1. The van der Waals surface area contributed by atoms with Gasteiger partial charge in [-0.2, -0.15) is 5.10 Å². The van der Waals surface area contributed by atoms with E-state index in [0.29, 0.717) is 18.7 Å². The van der Waals surface area contributed by atoms with E-state index in [1.807, 2.05) is 30.3 Å². The van der Waals surface area contributed by atoms with E-state index in [0.717, 1.165) is 35.9 Å². The number of nitrogens with zero attached hydrogens (tertiary/aromatic N) is 2. The van der Waals surface area contributed by atoms with E-state index >= 15 is 0 Å². The number of pyridine rings is 1. The van der Waals surface area contributed by atoms with Crippen LogP contribution in [0.3, 0.4) is 0 Å². The molecular weight excluding hydrogens is 292 g/mol. The van der Waals surface area contributed by atoms with Crippen molar-refractivity contribution < 1.29 is 9.53 Å². The number of aromatic nitrogens is 1. The third kappa shape index (κ3) is 5.34. The molecule has 0 saturated carbocycles. The summed E-state index contributed by atoms with van der Waals surface area (Å²) < 4.78 is 5.18. The lowest BCUT2D eigenvalue weighted by atomic mass is 10.2. The molecule has 0 atom stereocenters. The van der Waals surface area contributed by atoms with Gasteiger partial charge in [0.2, 0.25) is 5.91 Å². The number of hydrazone groups is 1. The molecule has 2 aromatic rings. The molecule has 6 nitrogen and oxygen atoms in total. The van der Waals surface area contributed by atoms with Crippen LogP contribution in [0, 0.1) is 0 Å². The van der Waals surface area contributed by atoms with Gasteiger partial charge in [-0.05, 0) is 43.7 Å². The van der Waals surface area contributed by atoms with Gasteiger partial charge in [0.25, 0.3) is 0 Å². The summed E-state index contributed by atoms with van der Waals surface area (Å²) >= 11 is 0. The fourth-order valence-corrected chi connectivity index (χ4v) is 2.15. The first kappa shape index (κ1) is 16.9. The van der Waals surface area contributed by atoms with Crippen molar-refractivity contribution in [1.29, 1.82) is 0 Å². The maximum atomic E-state index is 11.6. The summed E-state index contributed by atoms with van der Waals surface area (Å²) in [6.07, 6.45) is 4.74. The minimum atomic E-state index is -0.0937. The number of carbonyl (C=O) groups is 1. The van der Waals surface area contributed by atoms with E-state index in [1.165, 1.54) is 0 Å². The zero-order valence-corrected chi connectivity index (χ0v) is 13.3. The Bertz CT molecular complexity index is 685. The Morgan fingerprint density at radius 3 is 2.96 bits per heavy atom. The largest absolute Gasteiger partial charge is 0.497 e. The normalized spacial score (nSPS) is 11.0. The smallest absolute Gasteiger partial charge is 0.240 e. The van der Waals surface area contributed by atoms with Gasteiger partial charge in [0.1, 0.15) is 5.75 Å². The molecule has 2 rings (SSSR count). The van der Waals surface area contributed by atoms with Crippen LogP contribution in [0.2, 0.25) is 0 Å². The van der Waals surface area contributed by atoms with Gasteiger partial charge in [-0.1, -0.05) is 12.5 Å². The molecule has 0 radical (unpaired) electrons. The van der Waals surface area contributed by atoms with Crippen LogP contribution < -0.4 is 15.9 Å². The number of methoxy groups -OCH3 is 1. The molecule has 1 heterocycles. The molecule has 3 N–H and O–H groups in total. The summed E-state index contributed by atoms with van der Waals surface area (Å²) in [5.41, 5.74) is 9.46. The third-order valence-corrected chi connectivity index (χ3v) is 3.41. The first-order valence-electron chi connectivity index (χ1n) is 7.69. The molecule has 0 unspecified atom stereocenters. The van der Waals surface area contributed by atoms with Crippen molar-refractivity contribution >= 4 is 23.0 Å². The first-order chi connectivity index (χ1) is 11.2. The topological polar surface area (TPSA) is 89.6 Å². The van der Waals surface area contributed by atoms with E-state index in [9.17, 15) is 4.79 Å². The highest BCUT2D eigenvalue weighted by atomic mass is 16.5. The van der Waals surface area contributed by atoms with E-state index < -0.39 is 0 Å². The minimum absolute atomic E-state index is 0.0937. The van der Waals surface area contributed by atoms with Crippen LogP contribution in [-0.2, 0) is 4.79 Å². The molecule has 0 spiro atoms. The van der Waals surface area contributed by atoms with Crippen LogP contribution in [0.5, 0.6) is 5.75 Å². The van der Waals surface area contributed by atoms with Gasteiger partial charge in [-0.3, -0.25) is 4.79 Å². The Morgan fingerprint density at radius 2 is 2.17 bits per heavy atom. The number of hydrogen-bond acceptors (Lipinski definition) is 5. The van der Waals surface area contributed by atoms with Crippen LogP contribution in [0.15, 0.2) is 35.4 Å². The van der Waals surface area contributed by atoms with E-state index in [-0.39, 0.29) is 5.91 Å². The molecule has 1 aromatic heterocycles. The van der Waals surface area contributed by atoms with Crippen molar-refractivity contribution in [1.82, 2.24) is 10.4 Å².